The van der Waals surface area contributed by atoms with Crippen LogP contribution in [0.3, 0.4) is 0 Å². The lowest BCUT2D eigenvalue weighted by atomic mass is 9.96. The molecule has 0 bridgehead atoms. The van der Waals surface area contributed by atoms with Crippen molar-refractivity contribution in [2.45, 2.75) is 37.6 Å². The standard InChI is InChI=1S/C15H21BrN2O2/c1-2-13(9-19)18-14(20)17-10-15(6-7-15)11-4-3-5-12(16)8-11/h3-5,8,13,19H,2,6-7,9-10H2,1H3,(H2,17,18,20). The molecule has 0 aromatic heterocycles. The first kappa shape index (κ1) is 15.3. The first-order valence-electron chi connectivity index (χ1n) is 7.01. The van der Waals surface area contributed by atoms with E-state index in [0.29, 0.717) is 6.54 Å². The summed E-state index contributed by atoms with van der Waals surface area (Å²) in [6.07, 6.45) is 2.92. The van der Waals surface area contributed by atoms with Crippen molar-refractivity contribution in [3.8, 4) is 0 Å². The Hall–Kier alpha value is -1.07. The lowest BCUT2D eigenvalue weighted by Crippen LogP contribution is -2.45. The predicted molar refractivity (Wildman–Crippen MR) is 82.8 cm³/mol. The minimum Gasteiger partial charge on any atom is -0.394 e. The summed E-state index contributed by atoms with van der Waals surface area (Å²) in [6, 6.07) is 7.89. The van der Waals surface area contributed by atoms with Gasteiger partial charge < -0.3 is 15.7 Å². The molecule has 2 amide bonds. The highest BCUT2D eigenvalue weighted by atomic mass is 79.9. The van der Waals surface area contributed by atoms with E-state index < -0.39 is 0 Å². The van der Waals surface area contributed by atoms with Gasteiger partial charge in [0.25, 0.3) is 0 Å². The number of urea groups is 1. The van der Waals surface area contributed by atoms with Crippen LogP contribution in [0.25, 0.3) is 0 Å². The maximum Gasteiger partial charge on any atom is 0.315 e. The van der Waals surface area contributed by atoms with Gasteiger partial charge in [-0.25, -0.2) is 4.79 Å². The summed E-state index contributed by atoms with van der Waals surface area (Å²) in [5.41, 5.74) is 1.35. The monoisotopic (exact) mass is 340 g/mol. The van der Waals surface area contributed by atoms with Crippen molar-refractivity contribution in [3.05, 3.63) is 34.3 Å². The Morgan fingerprint density at radius 1 is 1.50 bits per heavy atom. The van der Waals surface area contributed by atoms with Crippen LogP contribution >= 0.6 is 15.9 Å². The van der Waals surface area contributed by atoms with Gasteiger partial charge in [0.1, 0.15) is 0 Å². The minimum absolute atomic E-state index is 0.0271. The molecule has 3 N–H and O–H groups in total. The van der Waals surface area contributed by atoms with Crippen LogP contribution in [0.1, 0.15) is 31.7 Å². The van der Waals surface area contributed by atoms with E-state index >= 15 is 0 Å². The van der Waals surface area contributed by atoms with Gasteiger partial charge in [-0.1, -0.05) is 35.0 Å². The number of carbonyl (C=O) groups excluding carboxylic acids is 1. The third kappa shape index (κ3) is 3.73. The fourth-order valence-electron chi connectivity index (χ4n) is 2.30. The average Bonchev–Trinajstić information content (AvgIpc) is 3.24. The van der Waals surface area contributed by atoms with E-state index in [1.54, 1.807) is 0 Å². The molecular formula is C15H21BrN2O2. The van der Waals surface area contributed by atoms with Crippen LogP contribution < -0.4 is 10.6 Å². The van der Waals surface area contributed by atoms with Crippen LogP contribution in [0.4, 0.5) is 4.79 Å². The van der Waals surface area contributed by atoms with Crippen molar-refractivity contribution in [1.29, 1.82) is 0 Å². The Morgan fingerprint density at radius 2 is 2.25 bits per heavy atom. The number of hydrogen-bond acceptors (Lipinski definition) is 2. The van der Waals surface area contributed by atoms with E-state index in [9.17, 15) is 4.79 Å². The van der Waals surface area contributed by atoms with E-state index in [4.69, 9.17) is 5.11 Å². The second-order valence-corrected chi connectivity index (χ2v) is 6.32. The Morgan fingerprint density at radius 3 is 2.80 bits per heavy atom. The Labute approximate surface area is 128 Å². The van der Waals surface area contributed by atoms with Crippen LogP contribution in [0.5, 0.6) is 0 Å². The van der Waals surface area contributed by atoms with E-state index in [1.807, 2.05) is 19.1 Å². The molecule has 1 fully saturated rings. The highest BCUT2D eigenvalue weighted by Crippen LogP contribution is 2.48. The maximum atomic E-state index is 11.8. The minimum atomic E-state index is -0.202. The summed E-state index contributed by atoms with van der Waals surface area (Å²) in [4.78, 5) is 11.8. The zero-order chi connectivity index (χ0) is 14.6. The summed E-state index contributed by atoms with van der Waals surface area (Å²) in [5.74, 6) is 0. The zero-order valence-corrected chi connectivity index (χ0v) is 13.2. The number of halogens is 1. The summed E-state index contributed by atoms with van der Waals surface area (Å²) >= 11 is 3.49. The smallest absolute Gasteiger partial charge is 0.315 e. The molecule has 1 aromatic carbocycles. The first-order valence-corrected chi connectivity index (χ1v) is 7.80. The van der Waals surface area contributed by atoms with Gasteiger partial charge in [0.05, 0.1) is 12.6 Å². The third-order valence-electron chi connectivity index (χ3n) is 3.93. The van der Waals surface area contributed by atoms with Gasteiger partial charge in [-0.15, -0.1) is 0 Å². The van der Waals surface area contributed by atoms with Crippen molar-refractivity contribution in [3.63, 3.8) is 0 Å². The van der Waals surface area contributed by atoms with E-state index in [2.05, 4.69) is 38.7 Å². The predicted octanol–water partition coefficient (Wildman–Crippen LogP) is 2.55. The number of aliphatic hydroxyl groups is 1. The molecule has 0 spiro atoms. The molecule has 1 unspecified atom stereocenters. The molecule has 1 aliphatic rings. The molecule has 4 nitrogen and oxygen atoms in total. The second kappa shape index (κ2) is 6.59. The van der Waals surface area contributed by atoms with Crippen LogP contribution in [-0.2, 0) is 5.41 Å². The molecule has 2 rings (SSSR count). The highest BCUT2D eigenvalue weighted by Gasteiger charge is 2.44. The molecule has 1 aromatic rings. The molecular weight excluding hydrogens is 320 g/mol. The summed E-state index contributed by atoms with van der Waals surface area (Å²) in [5, 5.41) is 14.8. The normalized spacial score (nSPS) is 17.4. The topological polar surface area (TPSA) is 61.4 Å². The third-order valence-corrected chi connectivity index (χ3v) is 4.42. The number of benzene rings is 1. The highest BCUT2D eigenvalue weighted by molar-refractivity contribution is 9.10. The summed E-state index contributed by atoms with van der Waals surface area (Å²) in [7, 11) is 0. The number of amides is 2. The largest absolute Gasteiger partial charge is 0.394 e. The van der Waals surface area contributed by atoms with Crippen LogP contribution in [0.15, 0.2) is 28.7 Å². The number of carbonyl (C=O) groups is 1. The van der Waals surface area contributed by atoms with E-state index in [-0.39, 0.29) is 24.1 Å². The van der Waals surface area contributed by atoms with Crippen LogP contribution in [-0.4, -0.2) is 30.3 Å². The van der Waals surface area contributed by atoms with Gasteiger partial charge in [0.15, 0.2) is 0 Å². The zero-order valence-electron chi connectivity index (χ0n) is 11.7. The van der Waals surface area contributed by atoms with Gasteiger partial charge >= 0.3 is 6.03 Å². The molecule has 1 atom stereocenters. The quantitative estimate of drug-likeness (QED) is 0.745. The SMILES string of the molecule is CCC(CO)NC(=O)NCC1(c2cccc(Br)c2)CC1. The van der Waals surface area contributed by atoms with Crippen molar-refractivity contribution >= 4 is 22.0 Å². The second-order valence-electron chi connectivity index (χ2n) is 5.41. The fourth-order valence-corrected chi connectivity index (χ4v) is 2.70. The first-order chi connectivity index (χ1) is 9.59. The number of nitrogens with one attached hydrogen (secondary N) is 2. The maximum absolute atomic E-state index is 11.8. The molecule has 0 saturated heterocycles. The average molecular weight is 341 g/mol. The van der Waals surface area contributed by atoms with Gasteiger partial charge in [0.2, 0.25) is 0 Å². The van der Waals surface area contributed by atoms with Gasteiger partial charge in [0, 0.05) is 16.4 Å². The number of rotatable bonds is 6. The lowest BCUT2D eigenvalue weighted by molar-refractivity contribution is 0.214. The van der Waals surface area contributed by atoms with Crippen molar-refractivity contribution in [2.75, 3.05) is 13.2 Å². The lowest BCUT2D eigenvalue weighted by Gasteiger charge is -2.19. The molecule has 110 valence electrons. The Balaban J connectivity index is 1.89. The fraction of sp³-hybridized carbons (Fsp3) is 0.533. The van der Waals surface area contributed by atoms with Gasteiger partial charge in [-0.3, -0.25) is 0 Å². The van der Waals surface area contributed by atoms with Gasteiger partial charge in [-0.05, 0) is 37.0 Å². The molecule has 0 aliphatic heterocycles. The summed E-state index contributed by atoms with van der Waals surface area (Å²) < 4.78 is 1.07. The molecule has 1 aliphatic carbocycles. The van der Waals surface area contributed by atoms with E-state index in [1.165, 1.54) is 5.56 Å². The molecule has 1 saturated carbocycles. The number of hydrogen-bond donors (Lipinski definition) is 3. The van der Waals surface area contributed by atoms with Crippen molar-refractivity contribution in [1.82, 2.24) is 10.6 Å². The Bertz CT molecular complexity index is 471. The Kier molecular flexibility index (Phi) is 5.05. The number of aliphatic hydroxyl groups excluding tert-OH is 1. The van der Waals surface area contributed by atoms with Crippen molar-refractivity contribution in [2.24, 2.45) is 0 Å². The van der Waals surface area contributed by atoms with Crippen LogP contribution in [0, 0.1) is 0 Å². The van der Waals surface area contributed by atoms with Crippen LogP contribution in [0.2, 0.25) is 0 Å². The molecule has 5 heteroatoms. The van der Waals surface area contributed by atoms with E-state index in [0.717, 1.165) is 23.7 Å². The van der Waals surface area contributed by atoms with Gasteiger partial charge in [-0.2, -0.15) is 0 Å². The molecule has 0 radical (unpaired) electrons. The summed E-state index contributed by atoms with van der Waals surface area (Å²) in [6.45, 7) is 2.54. The van der Waals surface area contributed by atoms with Crippen molar-refractivity contribution < 1.29 is 9.90 Å². The molecule has 0 heterocycles. The molecule has 20 heavy (non-hydrogen) atoms.